The van der Waals surface area contributed by atoms with Crippen LogP contribution in [0.25, 0.3) is 0 Å². The molecule has 0 saturated heterocycles. The van der Waals surface area contributed by atoms with Crippen molar-refractivity contribution in [3.05, 3.63) is 24.3 Å². The van der Waals surface area contributed by atoms with Crippen LogP contribution in [0.4, 0.5) is 0 Å². The normalized spacial score (nSPS) is 12.0. The largest absolute Gasteiger partial charge is 0.481 e. The van der Waals surface area contributed by atoms with Crippen LogP contribution in [0.1, 0.15) is 123 Å². The van der Waals surface area contributed by atoms with Gasteiger partial charge in [0.25, 0.3) is 0 Å². The van der Waals surface area contributed by atoms with Crippen molar-refractivity contribution in [3.63, 3.8) is 0 Å². The molecule has 0 radical (unpaired) electrons. The standard InChI is InChI=1S/C25H46O2/c1-24(2)22-20-18-16-14-12-10-8-6-4-3-5-7-9-11-13-15-17-19-21-23-25(26)27/h7,9,15,17,24H,3-6,8,10-14,16,18-23H2,1-2H3,(H,26,27)/b9-7-,17-15-. The molecule has 0 spiro atoms. The molecule has 0 saturated carbocycles. The van der Waals surface area contributed by atoms with Crippen molar-refractivity contribution in [2.24, 2.45) is 5.92 Å². The third kappa shape index (κ3) is 24.9. The summed E-state index contributed by atoms with van der Waals surface area (Å²) in [7, 11) is 0. The number of rotatable bonds is 20. The Morgan fingerprint density at radius 1 is 0.630 bits per heavy atom. The zero-order valence-electron chi connectivity index (χ0n) is 18.3. The first-order valence-electron chi connectivity index (χ1n) is 11.6. The van der Waals surface area contributed by atoms with Crippen molar-refractivity contribution in [2.45, 2.75) is 123 Å². The van der Waals surface area contributed by atoms with E-state index in [0.29, 0.717) is 0 Å². The Balaban J connectivity index is 3.16. The van der Waals surface area contributed by atoms with Gasteiger partial charge in [0.15, 0.2) is 0 Å². The molecule has 0 aliphatic heterocycles. The van der Waals surface area contributed by atoms with E-state index in [1.165, 1.54) is 77.0 Å². The second-order valence-electron chi connectivity index (χ2n) is 8.31. The van der Waals surface area contributed by atoms with Gasteiger partial charge in [0, 0.05) is 6.42 Å². The quantitative estimate of drug-likeness (QED) is 0.170. The highest BCUT2D eigenvalue weighted by Crippen LogP contribution is 2.14. The van der Waals surface area contributed by atoms with E-state index in [0.717, 1.165) is 31.6 Å². The lowest BCUT2D eigenvalue weighted by Gasteiger charge is -2.04. The van der Waals surface area contributed by atoms with Gasteiger partial charge in [-0.05, 0) is 44.4 Å². The van der Waals surface area contributed by atoms with Crippen LogP contribution in [0, 0.1) is 5.92 Å². The number of unbranched alkanes of at least 4 members (excludes halogenated alkanes) is 12. The Kier molecular flexibility index (Phi) is 20.4. The van der Waals surface area contributed by atoms with Crippen LogP contribution in [0.2, 0.25) is 0 Å². The molecule has 0 aliphatic carbocycles. The van der Waals surface area contributed by atoms with Crippen molar-refractivity contribution >= 4 is 5.97 Å². The van der Waals surface area contributed by atoms with Crippen LogP contribution < -0.4 is 0 Å². The highest BCUT2D eigenvalue weighted by atomic mass is 16.4. The molecular formula is C25H46O2. The fourth-order valence-corrected chi connectivity index (χ4v) is 3.26. The maximum Gasteiger partial charge on any atom is 0.303 e. The van der Waals surface area contributed by atoms with Gasteiger partial charge in [-0.1, -0.05) is 102 Å². The second-order valence-corrected chi connectivity index (χ2v) is 8.31. The van der Waals surface area contributed by atoms with Crippen molar-refractivity contribution in [1.82, 2.24) is 0 Å². The van der Waals surface area contributed by atoms with E-state index < -0.39 is 5.97 Å². The second kappa shape index (κ2) is 21.3. The summed E-state index contributed by atoms with van der Waals surface area (Å²) in [6, 6.07) is 0. The lowest BCUT2D eigenvalue weighted by Crippen LogP contribution is -1.92. The third-order valence-corrected chi connectivity index (χ3v) is 5.00. The number of allylic oxidation sites excluding steroid dienone is 4. The van der Waals surface area contributed by atoms with E-state index in [1.54, 1.807) is 0 Å². The first-order valence-corrected chi connectivity index (χ1v) is 11.6. The van der Waals surface area contributed by atoms with Crippen molar-refractivity contribution in [3.8, 4) is 0 Å². The predicted octanol–water partition coefficient (Wildman–Crippen LogP) is 8.47. The zero-order chi connectivity index (χ0) is 20.0. The van der Waals surface area contributed by atoms with Crippen LogP contribution >= 0.6 is 0 Å². The molecule has 2 nitrogen and oxygen atoms in total. The van der Waals surface area contributed by atoms with Gasteiger partial charge in [-0.25, -0.2) is 0 Å². The number of carboxylic acids is 1. The van der Waals surface area contributed by atoms with Gasteiger partial charge >= 0.3 is 5.97 Å². The summed E-state index contributed by atoms with van der Waals surface area (Å²) in [5.74, 6) is 0.178. The van der Waals surface area contributed by atoms with Gasteiger partial charge in [0.05, 0.1) is 0 Å². The monoisotopic (exact) mass is 378 g/mol. The van der Waals surface area contributed by atoms with Crippen LogP contribution in [-0.2, 0) is 4.79 Å². The molecule has 158 valence electrons. The first kappa shape index (κ1) is 26.0. The summed E-state index contributed by atoms with van der Waals surface area (Å²) in [5.41, 5.74) is 0. The summed E-state index contributed by atoms with van der Waals surface area (Å²) in [6.45, 7) is 4.64. The summed E-state index contributed by atoms with van der Waals surface area (Å²) in [6.07, 6.45) is 29.8. The van der Waals surface area contributed by atoms with E-state index in [-0.39, 0.29) is 6.42 Å². The van der Waals surface area contributed by atoms with Gasteiger partial charge < -0.3 is 5.11 Å². The molecular weight excluding hydrogens is 332 g/mol. The fraction of sp³-hybridized carbons (Fsp3) is 0.800. The molecule has 0 rings (SSSR count). The molecule has 0 amide bonds. The van der Waals surface area contributed by atoms with Crippen LogP contribution in [0.5, 0.6) is 0 Å². The van der Waals surface area contributed by atoms with Crippen LogP contribution in [0.3, 0.4) is 0 Å². The van der Waals surface area contributed by atoms with Gasteiger partial charge in [-0.3, -0.25) is 4.79 Å². The molecule has 0 aliphatic rings. The number of aliphatic carboxylic acids is 1. The molecule has 0 heterocycles. The Bertz CT molecular complexity index is 369. The number of carbonyl (C=O) groups is 1. The average Bonchev–Trinajstić information content (AvgIpc) is 2.62. The number of hydrogen-bond donors (Lipinski definition) is 1. The fourth-order valence-electron chi connectivity index (χ4n) is 3.26. The zero-order valence-corrected chi connectivity index (χ0v) is 18.3. The Morgan fingerprint density at radius 2 is 1.04 bits per heavy atom. The van der Waals surface area contributed by atoms with Crippen molar-refractivity contribution < 1.29 is 9.90 Å². The molecule has 27 heavy (non-hydrogen) atoms. The molecule has 0 aromatic carbocycles. The lowest BCUT2D eigenvalue weighted by molar-refractivity contribution is -0.137. The smallest absolute Gasteiger partial charge is 0.303 e. The SMILES string of the molecule is CC(C)CCCCCCCCCCCC/C=C\CC/C=C\CCCC(=O)O. The molecule has 0 aromatic rings. The summed E-state index contributed by atoms with van der Waals surface area (Å²) >= 11 is 0. The minimum Gasteiger partial charge on any atom is -0.481 e. The average molecular weight is 379 g/mol. The van der Waals surface area contributed by atoms with Gasteiger partial charge in [0.2, 0.25) is 0 Å². The summed E-state index contributed by atoms with van der Waals surface area (Å²) < 4.78 is 0. The van der Waals surface area contributed by atoms with Crippen LogP contribution in [-0.4, -0.2) is 11.1 Å². The predicted molar refractivity (Wildman–Crippen MR) is 119 cm³/mol. The first-order chi connectivity index (χ1) is 13.1. The minimum absolute atomic E-state index is 0.280. The molecule has 1 N–H and O–H groups in total. The maximum atomic E-state index is 10.4. The number of carboxylic acid groups (broad SMARTS) is 1. The molecule has 0 fully saturated rings. The molecule has 0 aromatic heterocycles. The third-order valence-electron chi connectivity index (χ3n) is 5.00. The van der Waals surface area contributed by atoms with Crippen molar-refractivity contribution in [1.29, 1.82) is 0 Å². The highest BCUT2D eigenvalue weighted by molar-refractivity contribution is 5.66. The van der Waals surface area contributed by atoms with E-state index in [2.05, 4.69) is 38.2 Å². The van der Waals surface area contributed by atoms with E-state index >= 15 is 0 Å². The van der Waals surface area contributed by atoms with Gasteiger partial charge in [0.1, 0.15) is 0 Å². The molecule has 0 unspecified atom stereocenters. The number of hydrogen-bond acceptors (Lipinski definition) is 1. The molecule has 0 bridgehead atoms. The summed E-state index contributed by atoms with van der Waals surface area (Å²) in [4.78, 5) is 10.4. The van der Waals surface area contributed by atoms with E-state index in [4.69, 9.17) is 5.11 Å². The topological polar surface area (TPSA) is 37.3 Å². The van der Waals surface area contributed by atoms with Crippen molar-refractivity contribution in [2.75, 3.05) is 0 Å². The molecule has 2 heteroatoms. The maximum absolute atomic E-state index is 10.4. The lowest BCUT2D eigenvalue weighted by atomic mass is 10.0. The Hall–Kier alpha value is -1.05. The van der Waals surface area contributed by atoms with Gasteiger partial charge in [-0.15, -0.1) is 0 Å². The summed E-state index contributed by atoms with van der Waals surface area (Å²) in [5, 5.41) is 8.55. The highest BCUT2D eigenvalue weighted by Gasteiger charge is 1.95. The Labute approximate surface area is 169 Å². The molecule has 0 atom stereocenters. The Morgan fingerprint density at radius 3 is 1.52 bits per heavy atom. The van der Waals surface area contributed by atoms with E-state index in [1.807, 2.05) is 0 Å². The van der Waals surface area contributed by atoms with Crippen LogP contribution in [0.15, 0.2) is 24.3 Å². The van der Waals surface area contributed by atoms with Gasteiger partial charge in [-0.2, -0.15) is 0 Å². The van der Waals surface area contributed by atoms with E-state index in [9.17, 15) is 4.79 Å². The minimum atomic E-state index is -0.696.